The van der Waals surface area contributed by atoms with Crippen LogP contribution in [0, 0.1) is 6.92 Å². The minimum absolute atomic E-state index is 0.148. The number of rotatable bonds is 4. The van der Waals surface area contributed by atoms with Gasteiger partial charge in [-0.25, -0.2) is 9.78 Å². The van der Waals surface area contributed by atoms with Crippen LogP contribution in [0.15, 0.2) is 40.3 Å². The molecule has 124 valence electrons. The maximum atomic E-state index is 13.0. The Balaban J connectivity index is 2.33. The maximum Gasteiger partial charge on any atom is 0.332 e. The molecule has 0 spiro atoms. The Morgan fingerprint density at radius 2 is 2.04 bits per heavy atom. The van der Waals surface area contributed by atoms with Crippen LogP contribution in [0.4, 0.5) is 0 Å². The number of pyridine rings is 2. The Bertz CT molecular complexity index is 1010. The lowest BCUT2D eigenvalue weighted by molar-refractivity contribution is 0.341. The van der Waals surface area contributed by atoms with Crippen molar-refractivity contribution in [3.8, 4) is 5.75 Å². The largest absolute Gasteiger partial charge is 0.493 e. The van der Waals surface area contributed by atoms with Gasteiger partial charge in [0.25, 0.3) is 5.56 Å². The van der Waals surface area contributed by atoms with E-state index in [-0.39, 0.29) is 6.54 Å². The molecular formula is C17H18N4O3. The van der Waals surface area contributed by atoms with E-state index < -0.39 is 11.2 Å². The van der Waals surface area contributed by atoms with Crippen LogP contribution in [0.5, 0.6) is 5.75 Å². The molecule has 0 aliphatic carbocycles. The number of aryl methyl sites for hydroxylation is 2. The van der Waals surface area contributed by atoms with Gasteiger partial charge in [0.2, 0.25) is 0 Å². The molecule has 3 rings (SSSR count). The molecule has 3 aromatic heterocycles. The fraction of sp³-hybridized carbons (Fsp3) is 0.294. The average molecular weight is 326 g/mol. The van der Waals surface area contributed by atoms with Crippen molar-refractivity contribution in [2.75, 3.05) is 6.61 Å². The Hall–Kier alpha value is -2.96. The molecule has 7 heteroatoms. The molecular weight excluding hydrogens is 308 g/mol. The molecule has 0 aliphatic heterocycles. The summed E-state index contributed by atoms with van der Waals surface area (Å²) in [6.45, 7) is 4.24. The first-order valence-electron chi connectivity index (χ1n) is 7.65. The Morgan fingerprint density at radius 3 is 2.71 bits per heavy atom. The van der Waals surface area contributed by atoms with Gasteiger partial charge in [-0.3, -0.25) is 18.9 Å². The van der Waals surface area contributed by atoms with E-state index in [1.807, 2.05) is 19.9 Å². The van der Waals surface area contributed by atoms with Crippen LogP contribution in [0.25, 0.3) is 11.0 Å². The second-order valence-corrected chi connectivity index (χ2v) is 5.50. The van der Waals surface area contributed by atoms with Gasteiger partial charge in [0.1, 0.15) is 11.1 Å². The highest BCUT2D eigenvalue weighted by Crippen LogP contribution is 2.24. The molecule has 0 radical (unpaired) electrons. The van der Waals surface area contributed by atoms with Gasteiger partial charge in [0, 0.05) is 31.2 Å². The monoisotopic (exact) mass is 326 g/mol. The van der Waals surface area contributed by atoms with Crippen molar-refractivity contribution in [3.05, 3.63) is 62.7 Å². The summed E-state index contributed by atoms with van der Waals surface area (Å²) in [5.74, 6) is 0.475. The van der Waals surface area contributed by atoms with Crippen LogP contribution < -0.4 is 16.0 Å². The molecule has 3 aromatic rings. The van der Waals surface area contributed by atoms with E-state index in [0.29, 0.717) is 23.4 Å². The average Bonchev–Trinajstić information content (AvgIpc) is 2.59. The fourth-order valence-corrected chi connectivity index (χ4v) is 2.66. The fourth-order valence-electron chi connectivity index (χ4n) is 2.66. The molecule has 0 fully saturated rings. The molecule has 0 aliphatic rings. The smallest absolute Gasteiger partial charge is 0.332 e. The van der Waals surface area contributed by atoms with Gasteiger partial charge in [0.15, 0.2) is 5.65 Å². The quantitative estimate of drug-likeness (QED) is 0.721. The lowest BCUT2D eigenvalue weighted by Gasteiger charge is -2.14. The summed E-state index contributed by atoms with van der Waals surface area (Å²) >= 11 is 0. The van der Waals surface area contributed by atoms with Gasteiger partial charge >= 0.3 is 5.69 Å². The van der Waals surface area contributed by atoms with Gasteiger partial charge in [-0.05, 0) is 25.5 Å². The highest BCUT2D eigenvalue weighted by atomic mass is 16.5. The number of ether oxygens (including phenoxy) is 1. The molecule has 0 unspecified atom stereocenters. The summed E-state index contributed by atoms with van der Waals surface area (Å²) in [4.78, 5) is 33.8. The number of nitrogens with zero attached hydrogens (tertiary/aromatic N) is 4. The normalized spacial score (nSPS) is 11.0. The van der Waals surface area contributed by atoms with E-state index in [1.54, 1.807) is 31.7 Å². The predicted molar refractivity (Wildman–Crippen MR) is 90.5 cm³/mol. The first kappa shape index (κ1) is 15.9. The van der Waals surface area contributed by atoms with Crippen molar-refractivity contribution >= 4 is 11.0 Å². The van der Waals surface area contributed by atoms with E-state index in [0.717, 1.165) is 11.1 Å². The standard InChI is InChI=1S/C17H18N4O3/c1-4-24-14-11(2)8-19-15-13(14)16(22)21(17(23)20(15)3)10-12-6-5-7-18-9-12/h5-9H,4,10H2,1-3H3. The highest BCUT2D eigenvalue weighted by Gasteiger charge is 2.18. The van der Waals surface area contributed by atoms with Crippen LogP contribution in [0.2, 0.25) is 0 Å². The predicted octanol–water partition coefficient (Wildman–Crippen LogP) is 1.25. The van der Waals surface area contributed by atoms with E-state index in [2.05, 4.69) is 9.97 Å². The Labute approximate surface area is 138 Å². The number of hydrogen-bond donors (Lipinski definition) is 0. The Kier molecular flexibility index (Phi) is 4.16. The van der Waals surface area contributed by atoms with Gasteiger partial charge in [-0.1, -0.05) is 6.07 Å². The van der Waals surface area contributed by atoms with Crippen LogP contribution in [0.1, 0.15) is 18.1 Å². The topological polar surface area (TPSA) is 79.0 Å². The zero-order valence-electron chi connectivity index (χ0n) is 13.8. The first-order chi connectivity index (χ1) is 11.5. The first-order valence-corrected chi connectivity index (χ1v) is 7.65. The van der Waals surface area contributed by atoms with Crippen LogP contribution in [-0.2, 0) is 13.6 Å². The molecule has 0 amide bonds. The second-order valence-electron chi connectivity index (χ2n) is 5.50. The van der Waals surface area contributed by atoms with Gasteiger partial charge in [0.05, 0.1) is 13.2 Å². The van der Waals surface area contributed by atoms with Crippen molar-refractivity contribution in [3.63, 3.8) is 0 Å². The SMILES string of the molecule is CCOc1c(C)cnc2c1c(=O)n(Cc1cccnc1)c(=O)n2C. The molecule has 0 saturated heterocycles. The molecule has 24 heavy (non-hydrogen) atoms. The van der Waals surface area contributed by atoms with E-state index in [9.17, 15) is 9.59 Å². The minimum atomic E-state index is -0.421. The highest BCUT2D eigenvalue weighted by molar-refractivity contribution is 5.82. The summed E-state index contributed by atoms with van der Waals surface area (Å²) in [7, 11) is 1.60. The zero-order valence-corrected chi connectivity index (χ0v) is 13.8. The van der Waals surface area contributed by atoms with Crippen molar-refractivity contribution in [1.29, 1.82) is 0 Å². The Morgan fingerprint density at radius 1 is 1.25 bits per heavy atom. The summed E-state index contributed by atoms with van der Waals surface area (Å²) in [6, 6.07) is 3.59. The molecule has 0 bridgehead atoms. The van der Waals surface area contributed by atoms with E-state index in [4.69, 9.17) is 4.74 Å². The number of fused-ring (bicyclic) bond motifs is 1. The third-order valence-electron chi connectivity index (χ3n) is 3.84. The van der Waals surface area contributed by atoms with Crippen molar-refractivity contribution in [1.82, 2.24) is 19.1 Å². The molecule has 0 atom stereocenters. The minimum Gasteiger partial charge on any atom is -0.493 e. The third kappa shape index (κ3) is 2.58. The van der Waals surface area contributed by atoms with E-state index >= 15 is 0 Å². The molecule has 3 heterocycles. The second kappa shape index (κ2) is 6.27. The molecule has 0 aromatic carbocycles. The summed E-state index contributed by atoms with van der Waals surface area (Å²) in [6.07, 6.45) is 4.89. The molecule has 7 nitrogen and oxygen atoms in total. The van der Waals surface area contributed by atoms with Gasteiger partial charge in [-0.2, -0.15) is 0 Å². The van der Waals surface area contributed by atoms with Crippen LogP contribution in [0.3, 0.4) is 0 Å². The molecule has 0 N–H and O–H groups in total. The van der Waals surface area contributed by atoms with Gasteiger partial charge < -0.3 is 4.74 Å². The van der Waals surface area contributed by atoms with Gasteiger partial charge in [-0.15, -0.1) is 0 Å². The van der Waals surface area contributed by atoms with Crippen molar-refractivity contribution < 1.29 is 4.74 Å². The van der Waals surface area contributed by atoms with Crippen molar-refractivity contribution in [2.24, 2.45) is 7.05 Å². The van der Waals surface area contributed by atoms with Crippen LogP contribution in [-0.4, -0.2) is 25.7 Å². The third-order valence-corrected chi connectivity index (χ3v) is 3.84. The lowest BCUT2D eigenvalue weighted by Crippen LogP contribution is -2.39. The number of aromatic nitrogens is 4. The summed E-state index contributed by atoms with van der Waals surface area (Å²) in [5.41, 5.74) is 1.02. The molecule has 0 saturated carbocycles. The van der Waals surface area contributed by atoms with E-state index in [1.165, 1.54) is 9.13 Å². The number of hydrogen-bond acceptors (Lipinski definition) is 5. The summed E-state index contributed by atoms with van der Waals surface area (Å²) in [5, 5.41) is 0.322. The van der Waals surface area contributed by atoms with Crippen molar-refractivity contribution in [2.45, 2.75) is 20.4 Å². The maximum absolute atomic E-state index is 13.0. The zero-order chi connectivity index (χ0) is 17.3. The lowest BCUT2D eigenvalue weighted by atomic mass is 10.2. The van der Waals surface area contributed by atoms with Crippen LogP contribution >= 0.6 is 0 Å². The summed E-state index contributed by atoms with van der Waals surface area (Å²) < 4.78 is 8.20.